The Labute approximate surface area is 164 Å². The molecule has 0 saturated carbocycles. The number of halogens is 1. The van der Waals surface area contributed by atoms with Crippen LogP contribution in [0.5, 0.6) is 0 Å². The van der Waals surface area contributed by atoms with Crippen molar-refractivity contribution in [3.05, 3.63) is 58.6 Å². The number of benzene rings is 2. The van der Waals surface area contributed by atoms with Crippen LogP contribution in [-0.2, 0) is 11.3 Å². The zero-order valence-corrected chi connectivity index (χ0v) is 16.5. The van der Waals surface area contributed by atoms with Gasteiger partial charge in [-0.1, -0.05) is 35.9 Å². The van der Waals surface area contributed by atoms with Crippen LogP contribution in [-0.4, -0.2) is 41.9 Å². The number of nitrogens with zero attached hydrogens (tertiary/aromatic N) is 1. The maximum absolute atomic E-state index is 12.3. The van der Waals surface area contributed by atoms with Crippen molar-refractivity contribution in [2.45, 2.75) is 13.5 Å². The number of rotatable bonds is 6. The monoisotopic (exact) mass is 389 g/mol. The summed E-state index contributed by atoms with van der Waals surface area (Å²) in [6, 6.07) is 13.5. The molecule has 2 aromatic carbocycles. The lowest BCUT2D eigenvalue weighted by Gasteiger charge is -2.27. The number of hydrogen-bond donors (Lipinski definition) is 2. The molecule has 0 aromatic heterocycles. The first-order valence-corrected chi connectivity index (χ1v) is 10.3. The molecule has 0 aliphatic carbocycles. The normalized spacial score (nSPS) is 14.8. The Balaban J connectivity index is 1.59. The highest BCUT2D eigenvalue weighted by Crippen LogP contribution is 2.23. The number of thioether (sulfide) groups is 1. The van der Waals surface area contributed by atoms with Crippen molar-refractivity contribution in [2.24, 2.45) is 0 Å². The Morgan fingerprint density at radius 1 is 1.12 bits per heavy atom. The van der Waals surface area contributed by atoms with Gasteiger partial charge in [-0.25, -0.2) is 0 Å². The van der Waals surface area contributed by atoms with Crippen molar-refractivity contribution < 1.29 is 4.79 Å². The third-order valence-electron chi connectivity index (χ3n) is 4.53. The smallest absolute Gasteiger partial charge is 0.243 e. The molecule has 0 bridgehead atoms. The van der Waals surface area contributed by atoms with Gasteiger partial charge in [-0.05, 0) is 36.2 Å². The van der Waals surface area contributed by atoms with Crippen LogP contribution in [0.25, 0.3) is 0 Å². The van der Waals surface area contributed by atoms with Crippen LogP contribution in [0.2, 0.25) is 5.02 Å². The minimum atomic E-state index is -0.0838. The Morgan fingerprint density at radius 2 is 1.85 bits per heavy atom. The summed E-state index contributed by atoms with van der Waals surface area (Å²) in [5.74, 6) is 2.31. The molecule has 1 aliphatic rings. The number of anilines is 2. The van der Waals surface area contributed by atoms with E-state index in [2.05, 4.69) is 28.5 Å². The lowest BCUT2D eigenvalue weighted by atomic mass is 10.1. The number of carbonyl (C=O) groups is 1. The standard InChI is InChI=1S/C20H24ClN3OS/c1-15-16(14-24-9-11-26-12-10-24)5-4-8-18(15)23-20(25)13-22-19-7-3-2-6-17(19)21/h2-8,22H,9-14H2,1H3,(H,23,25). The van der Waals surface area contributed by atoms with Crippen molar-refractivity contribution in [3.8, 4) is 0 Å². The van der Waals surface area contributed by atoms with Crippen LogP contribution in [0.3, 0.4) is 0 Å². The van der Waals surface area contributed by atoms with Gasteiger partial charge in [0.15, 0.2) is 0 Å². The number of amides is 1. The Morgan fingerprint density at radius 3 is 2.62 bits per heavy atom. The van der Waals surface area contributed by atoms with Crippen molar-refractivity contribution in [3.63, 3.8) is 0 Å². The highest BCUT2D eigenvalue weighted by molar-refractivity contribution is 7.99. The number of nitrogens with one attached hydrogen (secondary N) is 2. The molecule has 1 heterocycles. The zero-order valence-electron chi connectivity index (χ0n) is 14.9. The SMILES string of the molecule is Cc1c(CN2CCSCC2)cccc1NC(=O)CNc1ccccc1Cl. The molecule has 1 aliphatic heterocycles. The van der Waals surface area contributed by atoms with Gasteiger partial charge < -0.3 is 10.6 Å². The largest absolute Gasteiger partial charge is 0.375 e. The molecule has 6 heteroatoms. The van der Waals surface area contributed by atoms with E-state index in [-0.39, 0.29) is 12.5 Å². The van der Waals surface area contributed by atoms with E-state index in [0.717, 1.165) is 36.6 Å². The fourth-order valence-corrected chi connectivity index (χ4v) is 4.15. The second-order valence-electron chi connectivity index (χ2n) is 6.36. The third kappa shape index (κ3) is 5.16. The predicted octanol–water partition coefficient (Wildman–Crippen LogP) is 4.25. The van der Waals surface area contributed by atoms with E-state index < -0.39 is 0 Å². The Hall–Kier alpha value is -1.69. The summed E-state index contributed by atoms with van der Waals surface area (Å²) >= 11 is 8.12. The van der Waals surface area contributed by atoms with Crippen molar-refractivity contribution in [1.82, 2.24) is 4.90 Å². The van der Waals surface area contributed by atoms with E-state index in [1.807, 2.05) is 42.1 Å². The van der Waals surface area contributed by atoms with E-state index in [1.165, 1.54) is 17.1 Å². The second-order valence-corrected chi connectivity index (χ2v) is 7.99. The average Bonchev–Trinajstić information content (AvgIpc) is 2.65. The molecule has 0 atom stereocenters. The van der Waals surface area contributed by atoms with Crippen molar-refractivity contribution >= 4 is 40.6 Å². The minimum Gasteiger partial charge on any atom is -0.375 e. The molecule has 4 nitrogen and oxygen atoms in total. The predicted molar refractivity (Wildman–Crippen MR) is 112 cm³/mol. The van der Waals surface area contributed by atoms with Gasteiger partial charge in [0, 0.05) is 36.8 Å². The molecule has 2 aromatic rings. The quantitative estimate of drug-likeness (QED) is 0.775. The molecule has 0 radical (unpaired) electrons. The highest BCUT2D eigenvalue weighted by atomic mass is 35.5. The molecule has 3 rings (SSSR count). The minimum absolute atomic E-state index is 0.0838. The van der Waals surface area contributed by atoms with Gasteiger partial charge in [-0.3, -0.25) is 9.69 Å². The van der Waals surface area contributed by atoms with Crippen LogP contribution in [0.4, 0.5) is 11.4 Å². The molecule has 1 fully saturated rings. The van der Waals surface area contributed by atoms with Crippen LogP contribution in [0.15, 0.2) is 42.5 Å². The number of carbonyl (C=O) groups excluding carboxylic acids is 1. The van der Waals surface area contributed by atoms with Gasteiger partial charge in [0.05, 0.1) is 17.3 Å². The molecule has 26 heavy (non-hydrogen) atoms. The summed E-state index contributed by atoms with van der Waals surface area (Å²) in [5.41, 5.74) is 4.04. The summed E-state index contributed by atoms with van der Waals surface area (Å²) in [7, 11) is 0. The molecule has 2 N–H and O–H groups in total. The Kier molecular flexibility index (Phi) is 6.83. The van der Waals surface area contributed by atoms with Gasteiger partial charge in [0.2, 0.25) is 5.91 Å². The summed E-state index contributed by atoms with van der Waals surface area (Å²) in [4.78, 5) is 14.8. The Bertz CT molecular complexity index is 762. The molecule has 138 valence electrons. The second kappa shape index (κ2) is 9.31. The number of hydrogen-bond acceptors (Lipinski definition) is 4. The van der Waals surface area contributed by atoms with Crippen LogP contribution < -0.4 is 10.6 Å². The lowest BCUT2D eigenvalue weighted by molar-refractivity contribution is -0.114. The number of para-hydroxylation sites is 1. The molecule has 0 unspecified atom stereocenters. The molecule has 0 spiro atoms. The maximum atomic E-state index is 12.3. The summed E-state index contributed by atoms with van der Waals surface area (Å²) in [6.07, 6.45) is 0. The zero-order chi connectivity index (χ0) is 18.4. The molecular formula is C20H24ClN3OS. The molecule has 1 amide bonds. The van der Waals surface area contributed by atoms with Crippen LogP contribution in [0, 0.1) is 6.92 Å². The first-order chi connectivity index (χ1) is 12.6. The van der Waals surface area contributed by atoms with E-state index in [4.69, 9.17) is 11.6 Å². The lowest BCUT2D eigenvalue weighted by Crippen LogP contribution is -2.32. The van der Waals surface area contributed by atoms with Gasteiger partial charge in [-0.2, -0.15) is 11.8 Å². The van der Waals surface area contributed by atoms with Gasteiger partial charge in [-0.15, -0.1) is 0 Å². The van der Waals surface area contributed by atoms with Gasteiger partial charge in [0.25, 0.3) is 0 Å². The van der Waals surface area contributed by atoms with E-state index in [1.54, 1.807) is 6.07 Å². The topological polar surface area (TPSA) is 44.4 Å². The summed E-state index contributed by atoms with van der Waals surface area (Å²) in [5, 5.41) is 6.70. The molecular weight excluding hydrogens is 366 g/mol. The molecule has 1 saturated heterocycles. The summed E-state index contributed by atoms with van der Waals surface area (Å²) in [6.45, 7) is 5.45. The third-order valence-corrected chi connectivity index (χ3v) is 5.80. The first-order valence-electron chi connectivity index (χ1n) is 8.80. The summed E-state index contributed by atoms with van der Waals surface area (Å²) < 4.78 is 0. The maximum Gasteiger partial charge on any atom is 0.243 e. The van der Waals surface area contributed by atoms with Crippen LogP contribution >= 0.6 is 23.4 Å². The first kappa shape index (κ1) is 19.1. The fraction of sp³-hybridized carbons (Fsp3) is 0.350. The average molecular weight is 390 g/mol. The fourth-order valence-electron chi connectivity index (χ4n) is 2.96. The van der Waals surface area contributed by atoms with Crippen LogP contribution in [0.1, 0.15) is 11.1 Å². The van der Waals surface area contributed by atoms with E-state index >= 15 is 0 Å². The van der Waals surface area contributed by atoms with E-state index in [9.17, 15) is 4.79 Å². The van der Waals surface area contributed by atoms with Crippen molar-refractivity contribution in [1.29, 1.82) is 0 Å². The van der Waals surface area contributed by atoms with E-state index in [0.29, 0.717) is 5.02 Å². The van der Waals surface area contributed by atoms with Gasteiger partial charge >= 0.3 is 0 Å². The van der Waals surface area contributed by atoms with Gasteiger partial charge in [0.1, 0.15) is 0 Å². The van der Waals surface area contributed by atoms with Crippen molar-refractivity contribution in [2.75, 3.05) is 41.8 Å². The highest BCUT2D eigenvalue weighted by Gasteiger charge is 2.14.